The molecule has 6 nitrogen and oxygen atoms in total. The number of hydrogen-bond acceptors (Lipinski definition) is 5. The molecule has 0 spiro atoms. The molecule has 212 valence electrons. The van der Waals surface area contributed by atoms with Crippen molar-refractivity contribution in [2.24, 2.45) is 5.92 Å². The third-order valence-corrected chi connectivity index (χ3v) is 9.06. The first kappa shape index (κ1) is 28.4. The van der Waals surface area contributed by atoms with Crippen molar-refractivity contribution in [3.05, 3.63) is 87.6 Å². The summed E-state index contributed by atoms with van der Waals surface area (Å²) in [6, 6.07) is 20.6. The summed E-state index contributed by atoms with van der Waals surface area (Å²) in [5.41, 5.74) is 4.08. The van der Waals surface area contributed by atoms with Gasteiger partial charge in [-0.15, -0.1) is 11.3 Å². The highest BCUT2D eigenvalue weighted by Gasteiger charge is 2.44. The predicted molar refractivity (Wildman–Crippen MR) is 164 cm³/mol. The van der Waals surface area contributed by atoms with Crippen LogP contribution in [0.15, 0.2) is 66.0 Å². The maximum absolute atomic E-state index is 13.9. The predicted octanol–water partition coefficient (Wildman–Crippen LogP) is 5.71. The van der Waals surface area contributed by atoms with Crippen molar-refractivity contribution >= 4 is 28.8 Å². The van der Waals surface area contributed by atoms with Gasteiger partial charge >= 0.3 is 0 Å². The number of nitrogens with zero attached hydrogens (tertiary/aromatic N) is 3. The standard InChI is InChI=1S/C33H42N4O2S/c1-23(2)21-37-31(29-14-8-19-40-29)30(27-12-5-6-13-28(27)33(37)39)32(38)34-15-9-16-35-17-18-36(25(4)22-35)26-11-7-10-24(3)20-26/h5-8,10-14,19-20,23,25,30-31H,9,15-18,21-22H2,1-4H3,(H,34,38)/t25-,30+,31+/m0/s1. The van der Waals surface area contributed by atoms with Crippen molar-refractivity contribution in [2.75, 3.05) is 44.2 Å². The van der Waals surface area contributed by atoms with Gasteiger partial charge in [0, 0.05) is 54.9 Å². The van der Waals surface area contributed by atoms with Crippen LogP contribution < -0.4 is 10.2 Å². The number of piperazine rings is 1. The second kappa shape index (κ2) is 12.6. The number of anilines is 1. The van der Waals surface area contributed by atoms with Crippen LogP contribution in [0, 0.1) is 12.8 Å². The molecule has 0 bridgehead atoms. The van der Waals surface area contributed by atoms with E-state index in [1.165, 1.54) is 11.3 Å². The van der Waals surface area contributed by atoms with E-state index in [1.807, 2.05) is 40.6 Å². The molecule has 7 heteroatoms. The summed E-state index contributed by atoms with van der Waals surface area (Å²) < 4.78 is 0. The third kappa shape index (κ3) is 6.11. The van der Waals surface area contributed by atoms with E-state index < -0.39 is 5.92 Å². The maximum Gasteiger partial charge on any atom is 0.254 e. The molecule has 0 unspecified atom stereocenters. The molecule has 3 atom stereocenters. The van der Waals surface area contributed by atoms with Gasteiger partial charge in [-0.1, -0.05) is 50.2 Å². The van der Waals surface area contributed by atoms with Crippen LogP contribution in [0.5, 0.6) is 0 Å². The van der Waals surface area contributed by atoms with Gasteiger partial charge < -0.3 is 15.1 Å². The van der Waals surface area contributed by atoms with Gasteiger partial charge in [-0.05, 0) is 73.5 Å². The van der Waals surface area contributed by atoms with Crippen molar-refractivity contribution in [3.63, 3.8) is 0 Å². The van der Waals surface area contributed by atoms with Gasteiger partial charge in [0.1, 0.15) is 0 Å². The van der Waals surface area contributed by atoms with Crippen LogP contribution in [0.3, 0.4) is 0 Å². The Labute approximate surface area is 243 Å². The molecule has 1 fully saturated rings. The second-order valence-electron chi connectivity index (χ2n) is 11.7. The average Bonchev–Trinajstić information content (AvgIpc) is 3.47. The monoisotopic (exact) mass is 558 g/mol. The lowest BCUT2D eigenvalue weighted by Crippen LogP contribution is -2.52. The minimum absolute atomic E-state index is 0.00439. The molecule has 1 N–H and O–H groups in total. The molecule has 0 aliphatic carbocycles. The minimum atomic E-state index is -0.427. The molecule has 40 heavy (non-hydrogen) atoms. The summed E-state index contributed by atoms with van der Waals surface area (Å²) in [6.07, 6.45) is 0.898. The molecule has 2 aromatic carbocycles. The van der Waals surface area contributed by atoms with Gasteiger partial charge in [0.05, 0.1) is 12.0 Å². The Morgan fingerprint density at radius 1 is 1.07 bits per heavy atom. The fourth-order valence-electron chi connectivity index (χ4n) is 6.30. The molecular weight excluding hydrogens is 516 g/mol. The van der Waals surface area contributed by atoms with E-state index in [-0.39, 0.29) is 17.9 Å². The Bertz CT molecular complexity index is 1310. The first-order valence-electron chi connectivity index (χ1n) is 14.6. The Kier molecular flexibility index (Phi) is 8.91. The number of hydrogen-bond donors (Lipinski definition) is 1. The SMILES string of the molecule is Cc1cccc(N2CCN(CCCNC(=O)[C@@H]3c4ccccc4C(=O)N(CC(C)C)[C@@H]3c3cccs3)C[C@@H]2C)c1. The first-order chi connectivity index (χ1) is 19.3. The maximum atomic E-state index is 13.9. The molecule has 0 radical (unpaired) electrons. The van der Waals surface area contributed by atoms with Gasteiger partial charge in [0.2, 0.25) is 5.91 Å². The van der Waals surface area contributed by atoms with E-state index in [0.29, 0.717) is 30.6 Å². The van der Waals surface area contributed by atoms with Crippen molar-refractivity contribution in [1.29, 1.82) is 0 Å². The molecule has 1 aromatic heterocycles. The summed E-state index contributed by atoms with van der Waals surface area (Å²) in [4.78, 5) is 35.5. The van der Waals surface area contributed by atoms with E-state index in [1.54, 1.807) is 11.3 Å². The van der Waals surface area contributed by atoms with E-state index in [2.05, 4.69) is 73.1 Å². The zero-order valence-electron chi connectivity index (χ0n) is 24.2. The van der Waals surface area contributed by atoms with Crippen molar-refractivity contribution < 1.29 is 9.59 Å². The molecule has 2 amide bonds. The third-order valence-electron chi connectivity index (χ3n) is 8.11. The van der Waals surface area contributed by atoms with Gasteiger partial charge in [-0.25, -0.2) is 0 Å². The zero-order chi connectivity index (χ0) is 28.2. The van der Waals surface area contributed by atoms with Gasteiger partial charge in [-0.3, -0.25) is 14.5 Å². The molecule has 3 aromatic rings. The number of aryl methyl sites for hydroxylation is 1. The number of carbonyl (C=O) groups is 2. The van der Waals surface area contributed by atoms with Crippen molar-refractivity contribution in [3.8, 4) is 0 Å². The fourth-order valence-corrected chi connectivity index (χ4v) is 7.17. The summed E-state index contributed by atoms with van der Waals surface area (Å²) in [6.45, 7) is 13.9. The molecule has 2 aliphatic rings. The first-order valence-corrected chi connectivity index (χ1v) is 15.5. The molecule has 3 heterocycles. The molecular formula is C33H42N4O2S. The number of fused-ring (bicyclic) bond motifs is 1. The number of carbonyl (C=O) groups excluding carboxylic acids is 2. The highest BCUT2D eigenvalue weighted by molar-refractivity contribution is 7.10. The van der Waals surface area contributed by atoms with Crippen LogP contribution in [0.1, 0.15) is 65.5 Å². The van der Waals surface area contributed by atoms with Gasteiger partial charge in [0.15, 0.2) is 0 Å². The highest BCUT2D eigenvalue weighted by Crippen LogP contribution is 2.44. The zero-order valence-corrected chi connectivity index (χ0v) is 25.0. The molecule has 0 saturated carbocycles. The van der Waals surface area contributed by atoms with Crippen LogP contribution in [-0.4, -0.2) is 66.9 Å². The molecule has 2 aliphatic heterocycles. The fraction of sp³-hybridized carbons (Fsp3) is 0.455. The van der Waals surface area contributed by atoms with Crippen LogP contribution in [-0.2, 0) is 4.79 Å². The Balaban J connectivity index is 1.23. The van der Waals surface area contributed by atoms with E-state index in [4.69, 9.17) is 0 Å². The van der Waals surface area contributed by atoms with E-state index in [0.717, 1.165) is 43.0 Å². The second-order valence-corrected chi connectivity index (χ2v) is 12.7. The molecule has 1 saturated heterocycles. The minimum Gasteiger partial charge on any atom is -0.366 e. The normalized spacial score (nSPS) is 21.5. The summed E-state index contributed by atoms with van der Waals surface area (Å²) >= 11 is 1.62. The van der Waals surface area contributed by atoms with Crippen molar-refractivity contribution in [1.82, 2.24) is 15.1 Å². The summed E-state index contributed by atoms with van der Waals surface area (Å²) in [5, 5.41) is 5.29. The molecule has 5 rings (SSSR count). The number of benzene rings is 2. The van der Waals surface area contributed by atoms with Crippen molar-refractivity contribution in [2.45, 2.75) is 52.1 Å². The smallest absolute Gasteiger partial charge is 0.254 e. The number of rotatable bonds is 9. The van der Waals surface area contributed by atoms with Crippen LogP contribution >= 0.6 is 11.3 Å². The largest absolute Gasteiger partial charge is 0.366 e. The topological polar surface area (TPSA) is 55.9 Å². The van der Waals surface area contributed by atoms with Crippen LogP contribution in [0.4, 0.5) is 5.69 Å². The van der Waals surface area contributed by atoms with Gasteiger partial charge in [-0.2, -0.15) is 0 Å². The summed E-state index contributed by atoms with van der Waals surface area (Å²) in [5.74, 6) is -0.103. The van der Waals surface area contributed by atoms with Gasteiger partial charge in [0.25, 0.3) is 5.91 Å². The number of nitrogens with one attached hydrogen (secondary N) is 1. The Morgan fingerprint density at radius 3 is 2.62 bits per heavy atom. The van der Waals surface area contributed by atoms with E-state index >= 15 is 0 Å². The Morgan fingerprint density at radius 2 is 1.90 bits per heavy atom. The average molecular weight is 559 g/mol. The van der Waals surface area contributed by atoms with Crippen LogP contribution in [0.25, 0.3) is 0 Å². The summed E-state index contributed by atoms with van der Waals surface area (Å²) in [7, 11) is 0. The Hall–Kier alpha value is -3.16. The van der Waals surface area contributed by atoms with E-state index in [9.17, 15) is 9.59 Å². The highest BCUT2D eigenvalue weighted by atomic mass is 32.1. The number of thiophene rings is 1. The lowest BCUT2D eigenvalue weighted by Gasteiger charge is -2.42. The quantitative estimate of drug-likeness (QED) is 0.342. The van der Waals surface area contributed by atoms with Crippen LogP contribution in [0.2, 0.25) is 0 Å². The lowest BCUT2D eigenvalue weighted by atomic mass is 9.81. The lowest BCUT2D eigenvalue weighted by molar-refractivity contribution is -0.124. The number of amides is 2.